The minimum absolute atomic E-state index is 0.117. The van der Waals surface area contributed by atoms with Crippen LogP contribution in [0.2, 0.25) is 0 Å². The van der Waals surface area contributed by atoms with Crippen LogP contribution in [0.1, 0.15) is 17.7 Å². The molecule has 2 N–H and O–H groups in total. The highest BCUT2D eigenvalue weighted by atomic mass is 32.2. The van der Waals surface area contributed by atoms with Crippen molar-refractivity contribution in [2.45, 2.75) is 30.3 Å². The van der Waals surface area contributed by atoms with Crippen molar-refractivity contribution in [3.8, 4) is 0 Å². The molecule has 8 nitrogen and oxygen atoms in total. The summed E-state index contributed by atoms with van der Waals surface area (Å²) in [5.74, 6) is -0.191. The Morgan fingerprint density at radius 2 is 2.00 bits per heavy atom. The molecule has 2 aliphatic rings. The van der Waals surface area contributed by atoms with Gasteiger partial charge in [-0.25, -0.2) is 8.42 Å². The first-order valence-electron chi connectivity index (χ1n) is 10.4. The molecule has 31 heavy (non-hydrogen) atoms. The summed E-state index contributed by atoms with van der Waals surface area (Å²) < 4.78 is 38.5. The average molecular weight is 466 g/mol. The van der Waals surface area contributed by atoms with Gasteiger partial charge in [0, 0.05) is 31.1 Å². The number of ether oxygens (including phenoxy) is 2. The Morgan fingerprint density at radius 1 is 1.16 bits per heavy atom. The van der Waals surface area contributed by atoms with Crippen LogP contribution in [-0.2, 0) is 30.7 Å². The number of benzene rings is 1. The number of hydrogen-bond acceptors (Lipinski definition) is 7. The van der Waals surface area contributed by atoms with Gasteiger partial charge in [0.1, 0.15) is 0 Å². The summed E-state index contributed by atoms with van der Waals surface area (Å²) in [4.78, 5) is 13.7. The number of nitrogens with one attached hydrogen (secondary N) is 2. The van der Waals surface area contributed by atoms with E-state index >= 15 is 0 Å². The van der Waals surface area contributed by atoms with E-state index in [4.69, 9.17) is 9.47 Å². The highest BCUT2D eigenvalue weighted by molar-refractivity contribution is 7.89. The summed E-state index contributed by atoms with van der Waals surface area (Å²) in [5.41, 5.74) is 1.13. The molecule has 4 rings (SSSR count). The zero-order valence-electron chi connectivity index (χ0n) is 17.2. The third-order valence-electron chi connectivity index (χ3n) is 5.33. The molecule has 0 saturated carbocycles. The molecular weight excluding hydrogens is 438 g/mol. The second-order valence-corrected chi connectivity index (χ2v) is 10.5. The van der Waals surface area contributed by atoms with E-state index in [0.29, 0.717) is 44.2 Å². The van der Waals surface area contributed by atoms with E-state index in [1.165, 1.54) is 21.7 Å². The van der Waals surface area contributed by atoms with E-state index in [2.05, 4.69) is 10.6 Å². The second-order valence-electron chi connectivity index (χ2n) is 7.54. The van der Waals surface area contributed by atoms with Gasteiger partial charge in [0.2, 0.25) is 15.9 Å². The van der Waals surface area contributed by atoms with Crippen LogP contribution < -0.4 is 10.6 Å². The Bertz CT molecular complexity index is 982. The molecule has 3 heterocycles. The van der Waals surface area contributed by atoms with E-state index in [1.54, 1.807) is 12.1 Å². The zero-order chi connectivity index (χ0) is 21.7. The predicted molar refractivity (Wildman–Crippen MR) is 120 cm³/mol. The van der Waals surface area contributed by atoms with Gasteiger partial charge in [0.15, 0.2) is 0 Å². The lowest BCUT2D eigenvalue weighted by Crippen LogP contribution is -2.40. The number of rotatable bonds is 8. The molecule has 0 bridgehead atoms. The molecule has 2 fully saturated rings. The number of morpholine rings is 1. The fourth-order valence-corrected chi connectivity index (χ4v) is 5.81. The molecule has 168 valence electrons. The van der Waals surface area contributed by atoms with Crippen molar-refractivity contribution in [3.05, 3.63) is 40.6 Å². The van der Waals surface area contributed by atoms with Crippen LogP contribution in [0, 0.1) is 0 Å². The van der Waals surface area contributed by atoms with Crippen molar-refractivity contribution in [2.75, 3.05) is 50.1 Å². The summed E-state index contributed by atoms with van der Waals surface area (Å²) >= 11 is 1.51. The van der Waals surface area contributed by atoms with Gasteiger partial charge in [-0.15, -0.1) is 11.3 Å². The molecule has 1 unspecified atom stereocenters. The van der Waals surface area contributed by atoms with E-state index in [1.807, 2.05) is 17.5 Å². The van der Waals surface area contributed by atoms with Crippen LogP contribution in [0.25, 0.3) is 0 Å². The fraction of sp³-hybridized carbons (Fsp3) is 0.476. The molecule has 0 aliphatic carbocycles. The van der Waals surface area contributed by atoms with Gasteiger partial charge in [-0.3, -0.25) is 4.79 Å². The van der Waals surface area contributed by atoms with Crippen LogP contribution >= 0.6 is 11.3 Å². The Morgan fingerprint density at radius 3 is 2.71 bits per heavy atom. The van der Waals surface area contributed by atoms with Gasteiger partial charge in [-0.2, -0.15) is 4.31 Å². The van der Waals surface area contributed by atoms with Crippen LogP contribution in [-0.4, -0.2) is 64.2 Å². The van der Waals surface area contributed by atoms with E-state index in [-0.39, 0.29) is 23.3 Å². The van der Waals surface area contributed by atoms with Crippen LogP contribution in [0.5, 0.6) is 0 Å². The predicted octanol–water partition coefficient (Wildman–Crippen LogP) is 2.54. The van der Waals surface area contributed by atoms with E-state index in [9.17, 15) is 13.2 Å². The summed E-state index contributed by atoms with van der Waals surface area (Å²) in [6.07, 6.45) is 2.37. The number of hydrogen-bond donors (Lipinski definition) is 2. The lowest BCUT2D eigenvalue weighted by atomic mass is 10.2. The normalized spacial score (nSPS) is 19.9. The van der Waals surface area contributed by atoms with Crippen LogP contribution in [0.3, 0.4) is 0 Å². The van der Waals surface area contributed by atoms with Gasteiger partial charge in [0.25, 0.3) is 0 Å². The highest BCUT2D eigenvalue weighted by Crippen LogP contribution is 2.29. The van der Waals surface area contributed by atoms with Gasteiger partial charge >= 0.3 is 0 Å². The number of anilines is 2. The first-order valence-corrected chi connectivity index (χ1v) is 12.7. The maximum atomic E-state index is 13.1. The fourth-order valence-electron chi connectivity index (χ4n) is 3.67. The van der Waals surface area contributed by atoms with E-state index in [0.717, 1.165) is 24.3 Å². The maximum Gasteiger partial charge on any atom is 0.243 e. The van der Waals surface area contributed by atoms with Crippen LogP contribution in [0.4, 0.5) is 11.4 Å². The van der Waals surface area contributed by atoms with E-state index < -0.39 is 10.0 Å². The Hall–Kier alpha value is -1.98. The minimum Gasteiger partial charge on any atom is -0.381 e. The van der Waals surface area contributed by atoms with Gasteiger partial charge < -0.3 is 20.1 Å². The molecule has 1 atom stereocenters. The smallest absolute Gasteiger partial charge is 0.243 e. The van der Waals surface area contributed by atoms with Crippen molar-refractivity contribution < 1.29 is 22.7 Å². The highest BCUT2D eigenvalue weighted by Gasteiger charge is 2.27. The monoisotopic (exact) mass is 465 g/mol. The minimum atomic E-state index is -3.67. The third kappa shape index (κ3) is 5.64. The Kier molecular flexibility index (Phi) is 7.24. The topological polar surface area (TPSA) is 97.0 Å². The molecule has 2 saturated heterocycles. The molecular formula is C21H27N3O5S2. The number of amides is 1. The van der Waals surface area contributed by atoms with Gasteiger partial charge in [0.05, 0.1) is 42.0 Å². The van der Waals surface area contributed by atoms with Crippen molar-refractivity contribution >= 4 is 38.6 Å². The number of carbonyl (C=O) groups excluding carboxylic acids is 1. The lowest BCUT2D eigenvalue weighted by molar-refractivity contribution is -0.115. The second kappa shape index (κ2) is 10.1. The van der Waals surface area contributed by atoms with Crippen molar-refractivity contribution in [1.82, 2.24) is 4.31 Å². The summed E-state index contributed by atoms with van der Waals surface area (Å²) in [6.45, 7) is 2.76. The number of sulfonamides is 1. The molecule has 1 amide bonds. The van der Waals surface area contributed by atoms with Crippen molar-refractivity contribution in [1.29, 1.82) is 0 Å². The van der Waals surface area contributed by atoms with Crippen molar-refractivity contribution in [3.63, 3.8) is 0 Å². The number of thiophene rings is 1. The molecule has 2 aromatic rings. The zero-order valence-corrected chi connectivity index (χ0v) is 18.8. The SMILES string of the molecule is O=C(Cc1cccs1)Nc1cc(S(=O)(=O)N2CCOCC2)ccc1NCC1CCCO1. The quantitative estimate of drug-likeness (QED) is 0.622. The number of carbonyl (C=O) groups is 1. The Balaban J connectivity index is 1.55. The van der Waals surface area contributed by atoms with Crippen molar-refractivity contribution in [2.24, 2.45) is 0 Å². The maximum absolute atomic E-state index is 13.1. The summed E-state index contributed by atoms with van der Waals surface area (Å²) in [6, 6.07) is 8.63. The van der Waals surface area contributed by atoms with Gasteiger partial charge in [-0.05, 0) is 42.5 Å². The molecule has 10 heteroatoms. The molecule has 1 aromatic carbocycles. The standard InChI is InChI=1S/C21H27N3O5S2/c25-21(13-17-4-2-12-30-17)23-20-14-18(31(26,27)24-7-10-28-11-8-24)5-6-19(20)22-15-16-3-1-9-29-16/h2,4-6,12,14,16,22H,1,3,7-11,13,15H2,(H,23,25). The summed E-state index contributed by atoms with van der Waals surface area (Å²) in [7, 11) is -3.67. The average Bonchev–Trinajstić information content (AvgIpc) is 3.47. The number of nitrogens with zero attached hydrogens (tertiary/aromatic N) is 1. The lowest BCUT2D eigenvalue weighted by Gasteiger charge is -2.26. The third-order valence-corrected chi connectivity index (χ3v) is 8.10. The molecule has 2 aliphatic heterocycles. The Labute approximate surface area is 186 Å². The largest absolute Gasteiger partial charge is 0.381 e. The first-order chi connectivity index (χ1) is 15.0. The molecule has 0 spiro atoms. The molecule has 0 radical (unpaired) electrons. The van der Waals surface area contributed by atoms with Gasteiger partial charge in [-0.1, -0.05) is 6.07 Å². The first kappa shape index (κ1) is 22.2. The molecule has 1 aromatic heterocycles. The van der Waals surface area contributed by atoms with Crippen LogP contribution in [0.15, 0.2) is 40.6 Å². The summed E-state index contributed by atoms with van der Waals surface area (Å²) in [5, 5.41) is 8.13.